The molecule has 3 aromatic rings. The molecule has 0 N–H and O–H groups in total. The minimum Gasteiger partial charge on any atom is -0.165 e. The third kappa shape index (κ3) is 18.8. The molecular formula is C39H60N2SiZr-2. The Morgan fingerprint density at radius 3 is 1.53 bits per heavy atom. The first-order valence-corrected chi connectivity index (χ1v) is 22.1. The third-order valence-electron chi connectivity index (χ3n) is 6.41. The number of allylic oxidation sites excluding steroid dienone is 4. The zero-order valence-electron chi connectivity index (χ0n) is 30.1. The summed E-state index contributed by atoms with van der Waals surface area (Å²) < 4.78 is 0. The Morgan fingerprint density at radius 1 is 0.744 bits per heavy atom. The summed E-state index contributed by atoms with van der Waals surface area (Å²) in [5.74, 6) is 0.560. The van der Waals surface area contributed by atoms with Crippen LogP contribution in [0.15, 0.2) is 77.4 Å². The Morgan fingerprint density at radius 2 is 1.21 bits per heavy atom. The predicted octanol–water partition coefficient (Wildman–Crippen LogP) is 12.4. The number of hydrogen-bond donors (Lipinski definition) is 0. The molecule has 0 aromatic heterocycles. The molecule has 236 valence electrons. The van der Waals surface area contributed by atoms with E-state index in [0.717, 1.165) is 0 Å². The van der Waals surface area contributed by atoms with E-state index in [1.165, 1.54) is 44.2 Å². The Kier molecular flexibility index (Phi) is 21.4. The predicted molar refractivity (Wildman–Crippen MR) is 194 cm³/mol. The fourth-order valence-corrected chi connectivity index (χ4v) is 4.61. The van der Waals surface area contributed by atoms with Gasteiger partial charge in [-0.2, -0.15) is 17.2 Å². The van der Waals surface area contributed by atoms with E-state index in [1.807, 2.05) is 0 Å². The van der Waals surface area contributed by atoms with Crippen LogP contribution in [-0.4, -0.2) is 29.6 Å². The number of hydrogen-bond acceptors (Lipinski definition) is 0. The maximum Gasteiger partial charge on any atom is -0.0279 e. The molecule has 0 saturated heterocycles. The number of aryl methyl sites for hydroxylation is 1. The van der Waals surface area contributed by atoms with Crippen molar-refractivity contribution in [3.05, 3.63) is 99.7 Å². The normalized spacial score (nSPS) is 14.0. The van der Waals surface area contributed by atoms with E-state index >= 15 is 0 Å². The first-order valence-electron chi connectivity index (χ1n) is 15.9. The van der Waals surface area contributed by atoms with Crippen LogP contribution in [0.4, 0.5) is 0 Å². The van der Waals surface area contributed by atoms with E-state index in [9.17, 15) is 0 Å². The molecule has 0 saturated carbocycles. The SMILES string of the molecule is CC(C)[N-]C(C)C.CC(C)[N-]C(C)C.CC1=[C-]C(C)C(C)=C1C.C[Si](C)=[Zr+2].Cc1cc2c(-c3ccccc3)cccc2[cH-]1. The fraction of sp³-hybridized carbons (Fsp3) is 0.513. The van der Waals surface area contributed by atoms with Crippen LogP contribution in [0.2, 0.25) is 13.1 Å². The zero-order chi connectivity index (χ0) is 33.3. The van der Waals surface area contributed by atoms with Gasteiger partial charge < -0.3 is 10.6 Å². The minimum atomic E-state index is 0.210. The second kappa shape index (κ2) is 22.1. The second-order valence-electron chi connectivity index (χ2n) is 12.7. The van der Waals surface area contributed by atoms with Gasteiger partial charge in [0.2, 0.25) is 0 Å². The first kappa shape index (κ1) is 41.5. The van der Waals surface area contributed by atoms with Gasteiger partial charge in [0, 0.05) is 0 Å². The summed E-state index contributed by atoms with van der Waals surface area (Å²) >= 11 is 1.74. The van der Waals surface area contributed by atoms with E-state index in [-0.39, 0.29) is 5.43 Å². The summed E-state index contributed by atoms with van der Waals surface area (Å²) in [5, 5.41) is 11.2. The fourth-order valence-electron chi connectivity index (χ4n) is 4.61. The standard InChI is InChI=1S/C16H13.C9H13.2C6H14N.C2H6Si.Zr/c1-12-10-14-8-5-9-15(16(14)11-12)13-6-3-2-4-7-13;1-6-5-7(2)9(4)8(6)3;2*1-5(2)7-6(3)4;1-3-2;/h2-11H,1H3;6H,1-4H3;2*5-6H,1-4H3;1-2H3;/q4*-1;;+2. The van der Waals surface area contributed by atoms with Crippen molar-refractivity contribution >= 4 is 16.2 Å². The number of benzene rings is 2. The summed E-state index contributed by atoms with van der Waals surface area (Å²) in [6, 6.07) is 23.6. The maximum atomic E-state index is 4.28. The van der Waals surface area contributed by atoms with E-state index in [0.29, 0.717) is 30.1 Å². The zero-order valence-corrected chi connectivity index (χ0v) is 33.5. The molecule has 1 unspecified atom stereocenters. The van der Waals surface area contributed by atoms with Gasteiger partial charge in [-0.1, -0.05) is 131 Å². The molecule has 1 aliphatic rings. The largest absolute Gasteiger partial charge is 0.165 e. The van der Waals surface area contributed by atoms with E-state index in [2.05, 4.69) is 180 Å². The van der Waals surface area contributed by atoms with Gasteiger partial charge in [-0.25, -0.2) is 5.57 Å². The van der Waals surface area contributed by atoms with Gasteiger partial charge in [-0.15, -0.1) is 65.6 Å². The van der Waals surface area contributed by atoms with Gasteiger partial charge in [0.25, 0.3) is 0 Å². The summed E-state index contributed by atoms with van der Waals surface area (Å²) in [7, 11) is 0. The van der Waals surface area contributed by atoms with E-state index in [4.69, 9.17) is 0 Å². The molecule has 4 heteroatoms. The van der Waals surface area contributed by atoms with Gasteiger partial charge in [0.05, 0.1) is 0 Å². The van der Waals surface area contributed by atoms with Crippen LogP contribution in [0.5, 0.6) is 0 Å². The Bertz CT molecular complexity index is 1230. The minimum absolute atomic E-state index is 0.210. The quantitative estimate of drug-likeness (QED) is 0.190. The van der Waals surface area contributed by atoms with Crippen LogP contribution >= 0.6 is 0 Å². The van der Waals surface area contributed by atoms with E-state index in [1.54, 1.807) is 23.3 Å². The topological polar surface area (TPSA) is 28.2 Å². The van der Waals surface area contributed by atoms with Gasteiger partial charge >= 0.3 is 41.9 Å². The van der Waals surface area contributed by atoms with Gasteiger partial charge in [0.1, 0.15) is 0 Å². The van der Waals surface area contributed by atoms with Crippen molar-refractivity contribution in [1.29, 1.82) is 0 Å². The van der Waals surface area contributed by atoms with E-state index < -0.39 is 0 Å². The van der Waals surface area contributed by atoms with Crippen molar-refractivity contribution in [3.63, 3.8) is 0 Å². The molecule has 0 amide bonds. The van der Waals surface area contributed by atoms with Gasteiger partial charge in [-0.05, 0) is 5.56 Å². The molecule has 0 spiro atoms. The Hall–Kier alpha value is -1.45. The number of nitrogens with zero attached hydrogens (tertiary/aromatic N) is 2. The molecule has 2 nitrogen and oxygen atoms in total. The van der Waals surface area contributed by atoms with Gasteiger partial charge in [0.15, 0.2) is 0 Å². The number of fused-ring (bicyclic) bond motifs is 1. The molecule has 0 radical (unpaired) electrons. The molecule has 0 heterocycles. The average molecular weight is 676 g/mol. The number of rotatable bonds is 5. The van der Waals surface area contributed by atoms with Crippen molar-refractivity contribution < 1.29 is 23.3 Å². The molecule has 3 aromatic carbocycles. The molecule has 4 rings (SSSR count). The van der Waals surface area contributed by atoms with Crippen molar-refractivity contribution in [3.8, 4) is 11.1 Å². The van der Waals surface area contributed by atoms with Crippen LogP contribution < -0.4 is 0 Å². The van der Waals surface area contributed by atoms with Crippen LogP contribution in [-0.2, 0) is 23.3 Å². The Balaban J connectivity index is 0.000000563. The van der Waals surface area contributed by atoms with Crippen molar-refractivity contribution in [1.82, 2.24) is 0 Å². The monoisotopic (exact) mass is 674 g/mol. The summed E-state index contributed by atoms with van der Waals surface area (Å²) in [6.07, 6.45) is 3.36. The van der Waals surface area contributed by atoms with Crippen LogP contribution in [0, 0.1) is 18.9 Å². The van der Waals surface area contributed by atoms with Crippen LogP contribution in [0.3, 0.4) is 0 Å². The Labute approximate surface area is 282 Å². The smallest absolute Gasteiger partial charge is 0.0279 e. The van der Waals surface area contributed by atoms with Crippen molar-refractivity contribution in [2.75, 3.05) is 0 Å². The third-order valence-corrected chi connectivity index (χ3v) is 6.41. The van der Waals surface area contributed by atoms with Crippen LogP contribution in [0.1, 0.15) is 88.6 Å². The average Bonchev–Trinajstić information content (AvgIpc) is 3.37. The maximum absolute atomic E-state index is 4.28. The molecule has 1 atom stereocenters. The first-order chi connectivity index (χ1) is 20.0. The summed E-state index contributed by atoms with van der Waals surface area (Å²) in [4.78, 5) is 0. The molecule has 43 heavy (non-hydrogen) atoms. The molecule has 0 bridgehead atoms. The second-order valence-corrected chi connectivity index (χ2v) is 22.1. The summed E-state index contributed by atoms with van der Waals surface area (Å²) in [5.41, 5.74) is 8.40. The van der Waals surface area contributed by atoms with Crippen molar-refractivity contribution in [2.45, 2.75) is 127 Å². The van der Waals surface area contributed by atoms with Gasteiger partial charge in [-0.3, -0.25) is 6.08 Å². The molecule has 1 aliphatic carbocycles. The van der Waals surface area contributed by atoms with Crippen molar-refractivity contribution in [2.24, 2.45) is 5.92 Å². The summed E-state index contributed by atoms with van der Waals surface area (Å²) in [6.45, 7) is 32.2. The molecule has 0 aliphatic heterocycles. The molecule has 0 fully saturated rings. The molecular weight excluding hydrogens is 616 g/mol. The van der Waals surface area contributed by atoms with Crippen LogP contribution in [0.25, 0.3) is 32.5 Å².